The zero-order valence-corrected chi connectivity index (χ0v) is 17.9. The zero-order chi connectivity index (χ0) is 22.0. The number of hydrogen-bond acceptors (Lipinski definition) is 7. The van der Waals surface area contributed by atoms with Crippen LogP contribution in [0.25, 0.3) is 0 Å². The molecule has 0 saturated heterocycles. The molecule has 2 aromatic heterocycles. The van der Waals surface area contributed by atoms with Gasteiger partial charge in [-0.3, -0.25) is 4.98 Å². The summed E-state index contributed by atoms with van der Waals surface area (Å²) >= 11 is 0. The highest BCUT2D eigenvalue weighted by atomic mass is 32.2. The lowest BCUT2D eigenvalue weighted by Gasteiger charge is -2.14. The highest BCUT2D eigenvalue weighted by Gasteiger charge is 2.29. The molecule has 9 heteroatoms. The topological polar surface area (TPSA) is 111 Å². The predicted octanol–water partition coefficient (Wildman–Crippen LogP) is 3.53. The van der Waals surface area contributed by atoms with Gasteiger partial charge in [0.2, 0.25) is 5.76 Å². The van der Waals surface area contributed by atoms with Crippen molar-refractivity contribution in [3.63, 3.8) is 0 Å². The van der Waals surface area contributed by atoms with E-state index in [1.54, 1.807) is 37.4 Å². The zero-order valence-electron chi connectivity index (χ0n) is 17.1. The second kappa shape index (κ2) is 8.35. The van der Waals surface area contributed by atoms with Crippen LogP contribution in [0.4, 0.5) is 0 Å². The fourth-order valence-electron chi connectivity index (χ4n) is 3.42. The van der Waals surface area contributed by atoms with Gasteiger partial charge in [-0.25, -0.2) is 4.79 Å². The number of aromatic nitrogens is 1. The van der Waals surface area contributed by atoms with E-state index in [-0.39, 0.29) is 10.7 Å². The van der Waals surface area contributed by atoms with Crippen molar-refractivity contribution in [2.45, 2.75) is 38.0 Å². The molecule has 0 saturated carbocycles. The van der Waals surface area contributed by atoms with Crippen LogP contribution in [0, 0.1) is 13.8 Å². The number of nitrogens with one attached hydrogen (secondary N) is 1. The fraction of sp³-hybridized carbons (Fsp3) is 0.227. The van der Waals surface area contributed by atoms with E-state index >= 15 is 0 Å². The fourth-order valence-corrected chi connectivity index (χ4v) is 4.25. The van der Waals surface area contributed by atoms with Gasteiger partial charge >= 0.3 is 5.97 Å². The maximum atomic E-state index is 12.6. The molecule has 0 radical (unpaired) electrons. The van der Waals surface area contributed by atoms with E-state index < -0.39 is 16.0 Å². The van der Waals surface area contributed by atoms with Crippen molar-refractivity contribution in [3.8, 4) is 5.75 Å². The number of carbonyl (C=O) groups is 1. The van der Waals surface area contributed by atoms with Crippen LogP contribution in [0.2, 0.25) is 0 Å². The summed E-state index contributed by atoms with van der Waals surface area (Å²) in [5.41, 5.74) is 2.70. The van der Waals surface area contributed by atoms with Crippen LogP contribution >= 0.6 is 0 Å². The number of fused-ring (bicyclic) bond motifs is 1. The summed E-state index contributed by atoms with van der Waals surface area (Å²) in [6.45, 7) is 3.61. The van der Waals surface area contributed by atoms with Gasteiger partial charge in [0, 0.05) is 23.7 Å². The summed E-state index contributed by atoms with van der Waals surface area (Å²) in [7, 11) is -3.81. The first-order valence-corrected chi connectivity index (χ1v) is 11.2. The van der Waals surface area contributed by atoms with E-state index in [2.05, 4.69) is 14.9 Å². The number of ether oxygens (including phenoxy) is 1. The quantitative estimate of drug-likeness (QED) is 0.481. The summed E-state index contributed by atoms with van der Waals surface area (Å²) in [4.78, 5) is 18.9. The van der Waals surface area contributed by atoms with Crippen LogP contribution in [-0.2, 0) is 16.4 Å². The third-order valence-electron chi connectivity index (χ3n) is 4.99. The lowest BCUT2D eigenvalue weighted by molar-refractivity contribution is 0.0697. The molecule has 4 rings (SSSR count). The second-order valence-electron chi connectivity index (χ2n) is 7.25. The number of hydrogen-bond donors (Lipinski definition) is 1. The molecular weight excluding hydrogens is 418 g/mol. The highest BCUT2D eigenvalue weighted by Crippen LogP contribution is 2.30. The molecule has 8 nitrogen and oxygen atoms in total. The van der Waals surface area contributed by atoms with Crippen molar-refractivity contribution < 1.29 is 22.4 Å². The Morgan fingerprint density at radius 2 is 1.94 bits per heavy atom. The Hall–Kier alpha value is -3.46. The largest absolute Gasteiger partial charge is 0.453 e. The smallest absolute Gasteiger partial charge is 0.379 e. The Balaban J connectivity index is 1.60. The van der Waals surface area contributed by atoms with E-state index in [1.165, 1.54) is 18.3 Å². The molecule has 0 fully saturated rings. The van der Waals surface area contributed by atoms with Gasteiger partial charge in [0.1, 0.15) is 11.5 Å². The minimum absolute atomic E-state index is 0.0739. The first kappa shape index (κ1) is 20.8. The molecule has 1 aliphatic rings. The number of carbonyl (C=O) groups excluding carboxylic acids is 1. The minimum Gasteiger partial charge on any atom is -0.453 e. The highest BCUT2D eigenvalue weighted by molar-refractivity contribution is 7.89. The number of nitrogens with zero attached hydrogens (tertiary/aromatic N) is 2. The molecule has 1 N–H and O–H groups in total. The monoisotopic (exact) mass is 439 g/mol. The van der Waals surface area contributed by atoms with Crippen LogP contribution in [0.3, 0.4) is 0 Å². The van der Waals surface area contributed by atoms with Gasteiger partial charge < -0.3 is 9.15 Å². The maximum absolute atomic E-state index is 12.6. The number of rotatable bonds is 5. The Morgan fingerprint density at radius 1 is 1.16 bits per heavy atom. The van der Waals surface area contributed by atoms with Gasteiger partial charge in [-0.2, -0.15) is 18.4 Å². The molecule has 3 aromatic rings. The molecule has 160 valence electrons. The van der Waals surface area contributed by atoms with Crippen LogP contribution in [0.1, 0.15) is 45.8 Å². The van der Waals surface area contributed by atoms with Crippen LogP contribution < -0.4 is 9.57 Å². The van der Waals surface area contributed by atoms with Gasteiger partial charge in [0.05, 0.1) is 16.8 Å². The first-order valence-electron chi connectivity index (χ1n) is 9.75. The molecular formula is C22H21N3O5S. The Kier molecular flexibility index (Phi) is 5.60. The Labute approximate surface area is 180 Å². The molecule has 0 aliphatic heterocycles. The number of hydrazone groups is 1. The van der Waals surface area contributed by atoms with Crippen molar-refractivity contribution in [2.24, 2.45) is 5.10 Å². The van der Waals surface area contributed by atoms with E-state index in [0.717, 1.165) is 12.0 Å². The first-order chi connectivity index (χ1) is 14.8. The van der Waals surface area contributed by atoms with Crippen LogP contribution in [0.15, 0.2) is 63.2 Å². The average Bonchev–Trinajstić information content (AvgIpc) is 3.11. The number of sulfonamides is 1. The third-order valence-corrected chi connectivity index (χ3v) is 6.21. The number of pyridine rings is 1. The van der Waals surface area contributed by atoms with Crippen LogP contribution in [0.5, 0.6) is 5.75 Å². The van der Waals surface area contributed by atoms with E-state index in [1.807, 2.05) is 6.92 Å². The Bertz CT molecular complexity index is 1250. The molecule has 0 atom stereocenters. The average molecular weight is 439 g/mol. The molecule has 1 aliphatic carbocycles. The summed E-state index contributed by atoms with van der Waals surface area (Å²) in [6, 6.07) is 9.78. The summed E-state index contributed by atoms with van der Waals surface area (Å²) in [5.74, 6) is 0.334. The number of aryl methyl sites for hydroxylation is 2. The molecule has 0 unspecified atom stereocenters. The van der Waals surface area contributed by atoms with Crippen LogP contribution in [-0.4, -0.2) is 25.1 Å². The Morgan fingerprint density at radius 3 is 2.65 bits per heavy atom. The van der Waals surface area contributed by atoms with Crippen molar-refractivity contribution in [1.82, 2.24) is 9.82 Å². The summed E-state index contributed by atoms with van der Waals surface area (Å²) < 4.78 is 36.3. The van der Waals surface area contributed by atoms with Crippen molar-refractivity contribution >= 4 is 21.7 Å². The van der Waals surface area contributed by atoms with Crippen molar-refractivity contribution in [1.29, 1.82) is 0 Å². The second-order valence-corrected chi connectivity index (χ2v) is 8.91. The van der Waals surface area contributed by atoms with Gasteiger partial charge in [0.25, 0.3) is 10.0 Å². The lowest BCUT2D eigenvalue weighted by Crippen LogP contribution is -2.22. The maximum Gasteiger partial charge on any atom is 0.379 e. The number of furan rings is 1. The molecule has 0 spiro atoms. The van der Waals surface area contributed by atoms with Gasteiger partial charge in [-0.15, -0.1) is 0 Å². The van der Waals surface area contributed by atoms with Crippen molar-refractivity contribution in [3.05, 3.63) is 77.0 Å². The minimum atomic E-state index is -3.81. The third kappa shape index (κ3) is 4.36. The number of esters is 1. The van der Waals surface area contributed by atoms with E-state index in [4.69, 9.17) is 9.15 Å². The summed E-state index contributed by atoms with van der Waals surface area (Å²) in [5, 5.41) is 4.17. The molecule has 0 amide bonds. The lowest BCUT2D eigenvalue weighted by atomic mass is 9.93. The molecule has 2 heterocycles. The molecule has 0 bridgehead atoms. The summed E-state index contributed by atoms with van der Waals surface area (Å²) in [6.07, 6.45) is 4.92. The number of benzene rings is 1. The standard InChI is InChI=1S/C22H21N3O5S/c1-14-8-10-17(11-9-14)31(27,28)25-24-18-6-3-7-19-20(18)15(2)21(30-19)22(26)29-16-5-4-12-23-13-16/h4-5,8-13,25H,3,6-7H2,1-2H3/b24-18+. The SMILES string of the molecule is Cc1ccc(S(=O)(=O)N/N=C2\CCCc3oc(C(=O)Oc4cccnc4)c(C)c32)cc1. The van der Waals surface area contributed by atoms with Gasteiger partial charge in [0.15, 0.2) is 0 Å². The van der Waals surface area contributed by atoms with Crippen molar-refractivity contribution in [2.75, 3.05) is 0 Å². The van der Waals surface area contributed by atoms with E-state index in [9.17, 15) is 13.2 Å². The predicted molar refractivity (Wildman–Crippen MR) is 114 cm³/mol. The normalized spacial score (nSPS) is 14.8. The van der Waals surface area contributed by atoms with Gasteiger partial charge in [-0.1, -0.05) is 17.7 Å². The molecule has 31 heavy (non-hydrogen) atoms. The van der Waals surface area contributed by atoms with Gasteiger partial charge in [-0.05, 0) is 51.0 Å². The molecule has 1 aromatic carbocycles. The van der Waals surface area contributed by atoms with E-state index in [0.29, 0.717) is 41.2 Å².